The van der Waals surface area contributed by atoms with Gasteiger partial charge in [0, 0.05) is 35.9 Å². The number of rotatable bonds is 4. The van der Waals surface area contributed by atoms with Crippen LogP contribution in [0, 0.1) is 19.3 Å². The van der Waals surface area contributed by atoms with Crippen molar-refractivity contribution < 1.29 is 10.1 Å². The number of hydrogen-bond donors (Lipinski definition) is 3. The minimum absolute atomic E-state index is 0.0209. The molecule has 0 saturated carbocycles. The van der Waals surface area contributed by atoms with Gasteiger partial charge in [0.2, 0.25) is 5.04 Å². The summed E-state index contributed by atoms with van der Waals surface area (Å²) in [6, 6.07) is 6.31. The smallest absolute Gasteiger partial charge is 0.250 e. The lowest BCUT2D eigenvalue weighted by atomic mass is 9.79. The molecule has 1 aromatic heterocycles. The molecule has 0 spiro atoms. The van der Waals surface area contributed by atoms with Crippen LogP contribution in [-0.2, 0) is 0 Å². The van der Waals surface area contributed by atoms with Crippen LogP contribution in [0.4, 0.5) is 0 Å². The molecular weight excluding hydrogens is 438 g/mol. The van der Waals surface area contributed by atoms with Crippen molar-refractivity contribution in [2.75, 3.05) is 14.2 Å². The summed E-state index contributed by atoms with van der Waals surface area (Å²) in [5, 5.41) is 21.0. The largest absolute Gasteiger partial charge is 0.496 e. The van der Waals surface area contributed by atoms with Gasteiger partial charge in [0.15, 0.2) is 5.17 Å². The number of amidine groups is 1. The van der Waals surface area contributed by atoms with Gasteiger partial charge in [0.25, 0.3) is 0 Å². The second-order valence-electron chi connectivity index (χ2n) is 9.90. The summed E-state index contributed by atoms with van der Waals surface area (Å²) in [7, 11) is 3.65. The number of thioether (sulfide) groups is 1. The van der Waals surface area contributed by atoms with E-state index in [0.29, 0.717) is 16.0 Å². The fraction of sp³-hybridized carbons (Fsp3) is 0.542. The van der Waals surface area contributed by atoms with Gasteiger partial charge < -0.3 is 15.0 Å². The number of aromatic nitrogens is 1. The monoisotopic (exact) mass is 474 g/mol. The van der Waals surface area contributed by atoms with E-state index in [-0.39, 0.29) is 17.1 Å². The Morgan fingerprint density at radius 3 is 2.41 bits per heavy atom. The van der Waals surface area contributed by atoms with Crippen molar-refractivity contribution >= 4 is 33.3 Å². The van der Waals surface area contributed by atoms with E-state index in [4.69, 9.17) is 15.6 Å². The molecule has 1 fully saturated rings. The molecule has 1 saturated heterocycles. The summed E-state index contributed by atoms with van der Waals surface area (Å²) in [6.07, 6.45) is 1.95. The zero-order chi connectivity index (χ0) is 23.8. The first-order valence-corrected chi connectivity index (χ1v) is 12.5. The van der Waals surface area contributed by atoms with E-state index in [1.807, 2.05) is 33.0 Å². The van der Waals surface area contributed by atoms with Crippen molar-refractivity contribution in [3.8, 4) is 16.2 Å². The Balaban J connectivity index is 1.76. The maximum Gasteiger partial charge on any atom is 0.250 e. The van der Waals surface area contributed by atoms with Crippen LogP contribution in [-0.4, -0.2) is 51.4 Å². The Kier molecular flexibility index (Phi) is 7.08. The number of hydrogen-bond acceptors (Lipinski definition) is 6. The Bertz CT molecular complexity index is 1010. The van der Waals surface area contributed by atoms with Crippen molar-refractivity contribution in [1.29, 1.82) is 5.41 Å². The summed E-state index contributed by atoms with van der Waals surface area (Å²) in [5.74, 6) is 0.706. The normalized spacial score (nSPS) is 17.8. The number of thiazole rings is 1. The first-order chi connectivity index (χ1) is 14.8. The first-order valence-electron chi connectivity index (χ1n) is 10.9. The zero-order valence-electron chi connectivity index (χ0n) is 20.4. The molecule has 8 heteroatoms. The molecule has 0 aliphatic carbocycles. The number of nitrogens with one attached hydrogen (secondary N) is 2. The predicted octanol–water partition coefficient (Wildman–Crippen LogP) is 3.85. The Hall–Kier alpha value is -1.90. The SMILES string of the molecule is COc1cc(-c2sc(C)nc2C)ccc1C(=[NH2+])SC(=N)N(C)C1CC(C)(C)NC(C)(C)C1. The van der Waals surface area contributed by atoms with E-state index < -0.39 is 0 Å². The third kappa shape index (κ3) is 5.53. The highest BCUT2D eigenvalue weighted by Crippen LogP contribution is 2.35. The van der Waals surface area contributed by atoms with Gasteiger partial charge >= 0.3 is 0 Å². The highest BCUT2D eigenvalue weighted by molar-refractivity contribution is 8.26. The van der Waals surface area contributed by atoms with E-state index in [1.54, 1.807) is 18.4 Å². The molecule has 0 bridgehead atoms. The maximum atomic E-state index is 8.72. The van der Waals surface area contributed by atoms with Crippen LogP contribution in [0.1, 0.15) is 56.8 Å². The molecule has 0 radical (unpaired) electrons. The number of methoxy groups -OCH3 is 1. The quantitative estimate of drug-likeness (QED) is 0.463. The molecule has 174 valence electrons. The highest BCUT2D eigenvalue weighted by atomic mass is 32.2. The van der Waals surface area contributed by atoms with Gasteiger partial charge in [-0.2, -0.15) is 0 Å². The summed E-state index contributed by atoms with van der Waals surface area (Å²) < 4.78 is 5.67. The van der Waals surface area contributed by atoms with E-state index in [2.05, 4.69) is 49.0 Å². The van der Waals surface area contributed by atoms with Gasteiger partial charge in [0.1, 0.15) is 5.75 Å². The van der Waals surface area contributed by atoms with E-state index >= 15 is 0 Å². The average Bonchev–Trinajstić information content (AvgIpc) is 3.02. The summed E-state index contributed by atoms with van der Waals surface area (Å²) in [6.45, 7) is 12.9. The van der Waals surface area contributed by atoms with Crippen LogP contribution in [0.3, 0.4) is 0 Å². The molecule has 0 amide bonds. The van der Waals surface area contributed by atoms with Crippen molar-refractivity contribution in [2.24, 2.45) is 0 Å². The van der Waals surface area contributed by atoms with Gasteiger partial charge in [-0.05, 0) is 72.1 Å². The maximum absolute atomic E-state index is 8.72. The van der Waals surface area contributed by atoms with E-state index in [9.17, 15) is 0 Å². The van der Waals surface area contributed by atoms with E-state index in [0.717, 1.165) is 39.5 Å². The number of ether oxygens (including phenoxy) is 1. The Labute approximate surface area is 200 Å². The lowest BCUT2D eigenvalue weighted by Gasteiger charge is -2.49. The molecular formula is C24H36N5OS2+. The molecule has 6 nitrogen and oxygen atoms in total. The fourth-order valence-electron chi connectivity index (χ4n) is 4.77. The van der Waals surface area contributed by atoms with Gasteiger partial charge in [-0.1, -0.05) is 6.07 Å². The molecule has 3 rings (SSSR count). The summed E-state index contributed by atoms with van der Waals surface area (Å²) in [5.41, 5.74) is 2.94. The second kappa shape index (κ2) is 9.15. The predicted molar refractivity (Wildman–Crippen MR) is 137 cm³/mol. The molecule has 1 aromatic carbocycles. The summed E-state index contributed by atoms with van der Waals surface area (Å²) in [4.78, 5) is 7.73. The van der Waals surface area contributed by atoms with Crippen LogP contribution in [0.15, 0.2) is 18.2 Å². The number of aryl methyl sites for hydroxylation is 2. The minimum Gasteiger partial charge on any atom is -0.496 e. The molecule has 1 aliphatic rings. The Morgan fingerprint density at radius 2 is 1.88 bits per heavy atom. The van der Waals surface area contributed by atoms with Crippen molar-refractivity contribution in [1.82, 2.24) is 15.2 Å². The highest BCUT2D eigenvalue weighted by Gasteiger charge is 2.40. The molecule has 1 aliphatic heterocycles. The Morgan fingerprint density at radius 1 is 1.25 bits per heavy atom. The number of nitrogens with two attached hydrogens (primary N) is 1. The molecule has 2 aromatic rings. The fourth-order valence-corrected chi connectivity index (χ4v) is 6.47. The zero-order valence-corrected chi connectivity index (χ0v) is 22.1. The molecule has 4 N–H and O–H groups in total. The topological polar surface area (TPSA) is 86.8 Å². The molecule has 2 heterocycles. The van der Waals surface area contributed by atoms with Gasteiger partial charge in [-0.25, -0.2) is 10.4 Å². The molecule has 32 heavy (non-hydrogen) atoms. The van der Waals surface area contributed by atoms with Gasteiger partial charge in [0.05, 0.1) is 28.3 Å². The van der Waals surface area contributed by atoms with E-state index in [1.165, 1.54) is 11.8 Å². The number of piperidine rings is 1. The molecule has 0 unspecified atom stereocenters. The van der Waals surface area contributed by atoms with Gasteiger partial charge in [-0.3, -0.25) is 5.41 Å². The third-order valence-corrected chi connectivity index (χ3v) is 7.92. The second-order valence-corrected chi connectivity index (χ2v) is 12.1. The minimum atomic E-state index is 0.0209. The van der Waals surface area contributed by atoms with Crippen molar-refractivity contribution in [3.63, 3.8) is 0 Å². The van der Waals surface area contributed by atoms with Crippen LogP contribution in [0.5, 0.6) is 5.75 Å². The van der Waals surface area contributed by atoms with Crippen LogP contribution in [0.2, 0.25) is 0 Å². The average molecular weight is 475 g/mol. The standard InChI is InChI=1S/C24H35N5OS2/c1-14-20(31-15(2)27-14)16-9-10-18(19(11-16)30-8)21(25)32-22(26)29(7)17-12-23(3,4)28-24(5,6)13-17/h9-11,17,25-26,28H,12-13H2,1-8H3/p+1. The van der Waals surface area contributed by atoms with Crippen molar-refractivity contribution in [3.05, 3.63) is 34.5 Å². The van der Waals surface area contributed by atoms with Crippen LogP contribution in [0.25, 0.3) is 10.4 Å². The number of benzene rings is 1. The first kappa shape index (κ1) is 24.7. The lowest BCUT2D eigenvalue weighted by molar-refractivity contribution is -0.107. The number of nitrogens with zero attached hydrogens (tertiary/aromatic N) is 2. The lowest BCUT2D eigenvalue weighted by Crippen LogP contribution is -2.62. The van der Waals surface area contributed by atoms with Crippen LogP contribution >= 0.6 is 23.1 Å². The van der Waals surface area contributed by atoms with Crippen LogP contribution < -0.4 is 15.5 Å². The molecule has 0 atom stereocenters. The third-order valence-electron chi connectivity index (χ3n) is 5.88. The van der Waals surface area contributed by atoms with Crippen molar-refractivity contribution in [2.45, 2.75) is 71.5 Å². The van der Waals surface area contributed by atoms with Gasteiger partial charge in [-0.15, -0.1) is 11.3 Å². The summed E-state index contributed by atoms with van der Waals surface area (Å²) >= 11 is 2.96.